The molecule has 0 unspecified atom stereocenters. The first-order chi connectivity index (χ1) is 7.13. The van der Waals surface area contributed by atoms with Crippen LogP contribution < -0.4 is 0 Å². The quantitative estimate of drug-likeness (QED) is 0.470. The van der Waals surface area contributed by atoms with Gasteiger partial charge in [0, 0.05) is 7.05 Å². The van der Waals surface area contributed by atoms with Crippen LogP contribution in [0.2, 0.25) is 5.15 Å². The standard InChI is InChI=1S/C5H4ClNO.C5H11NS/c6-5-2-1-4(8)3-7-5;1-4-5(6-2)7-3/h1-3,8H;4H2,1-3H3. The van der Waals surface area contributed by atoms with Crippen LogP contribution in [-0.4, -0.2) is 28.4 Å². The summed E-state index contributed by atoms with van der Waals surface area (Å²) >= 11 is 7.11. The molecular formula is C10H15ClN2OS. The van der Waals surface area contributed by atoms with Crippen molar-refractivity contribution in [2.24, 2.45) is 4.99 Å². The highest BCUT2D eigenvalue weighted by Gasteiger charge is 1.85. The molecule has 0 spiro atoms. The molecule has 0 saturated carbocycles. The summed E-state index contributed by atoms with van der Waals surface area (Å²) in [6, 6.07) is 3.01. The van der Waals surface area contributed by atoms with Gasteiger partial charge >= 0.3 is 0 Å². The highest BCUT2D eigenvalue weighted by molar-refractivity contribution is 8.13. The number of thioether (sulfide) groups is 1. The number of hydrogen-bond donors (Lipinski definition) is 1. The van der Waals surface area contributed by atoms with Crippen molar-refractivity contribution in [2.75, 3.05) is 13.3 Å². The van der Waals surface area contributed by atoms with E-state index in [-0.39, 0.29) is 5.75 Å². The number of aromatic nitrogens is 1. The maximum atomic E-state index is 8.64. The molecular weight excluding hydrogens is 232 g/mol. The molecule has 0 atom stereocenters. The molecule has 0 aliphatic rings. The number of hydrogen-bond acceptors (Lipinski definition) is 4. The lowest BCUT2D eigenvalue weighted by Gasteiger charge is -1.91. The molecule has 0 saturated heterocycles. The SMILES string of the molecule is CCC(=NC)SC.Oc1ccc(Cl)nc1. The number of halogens is 1. The first-order valence-electron chi connectivity index (χ1n) is 4.44. The molecule has 0 amide bonds. The minimum absolute atomic E-state index is 0.134. The molecule has 1 aromatic rings. The summed E-state index contributed by atoms with van der Waals surface area (Å²) in [5, 5.41) is 10.2. The van der Waals surface area contributed by atoms with Crippen LogP contribution in [0.25, 0.3) is 0 Å². The second-order valence-electron chi connectivity index (χ2n) is 2.51. The van der Waals surface area contributed by atoms with E-state index in [2.05, 4.69) is 16.9 Å². The van der Waals surface area contributed by atoms with Crippen LogP contribution in [-0.2, 0) is 0 Å². The largest absolute Gasteiger partial charge is 0.506 e. The third kappa shape index (κ3) is 7.22. The molecule has 0 aliphatic carbocycles. The van der Waals surface area contributed by atoms with Gasteiger partial charge in [0.25, 0.3) is 0 Å². The number of pyridine rings is 1. The zero-order chi connectivity index (χ0) is 11.7. The third-order valence-electron chi connectivity index (χ3n) is 1.50. The maximum Gasteiger partial charge on any atom is 0.133 e. The normalized spacial score (nSPS) is 10.5. The molecule has 1 N–H and O–H groups in total. The lowest BCUT2D eigenvalue weighted by Crippen LogP contribution is -1.84. The van der Waals surface area contributed by atoms with Gasteiger partial charge in [-0.15, -0.1) is 11.8 Å². The van der Waals surface area contributed by atoms with Gasteiger partial charge in [0.1, 0.15) is 10.9 Å². The molecule has 0 aromatic carbocycles. The highest BCUT2D eigenvalue weighted by Crippen LogP contribution is 2.08. The van der Waals surface area contributed by atoms with Crippen LogP contribution in [0.4, 0.5) is 0 Å². The van der Waals surface area contributed by atoms with Crippen molar-refractivity contribution in [1.82, 2.24) is 4.98 Å². The van der Waals surface area contributed by atoms with Crippen molar-refractivity contribution < 1.29 is 5.11 Å². The first kappa shape index (κ1) is 14.3. The Labute approximate surface area is 99.6 Å². The molecule has 3 nitrogen and oxygen atoms in total. The van der Waals surface area contributed by atoms with Crippen LogP contribution in [0.3, 0.4) is 0 Å². The van der Waals surface area contributed by atoms with Crippen LogP contribution in [0.1, 0.15) is 13.3 Å². The Bertz CT molecular complexity index is 274. The Morgan fingerprint density at radius 1 is 1.60 bits per heavy atom. The van der Waals surface area contributed by atoms with Gasteiger partial charge in [0.15, 0.2) is 0 Å². The van der Waals surface area contributed by atoms with E-state index in [9.17, 15) is 0 Å². The fourth-order valence-corrected chi connectivity index (χ4v) is 1.34. The van der Waals surface area contributed by atoms with E-state index in [1.807, 2.05) is 13.3 Å². The lowest BCUT2D eigenvalue weighted by molar-refractivity contribution is 0.472. The molecule has 0 radical (unpaired) electrons. The second-order valence-corrected chi connectivity index (χ2v) is 3.78. The number of rotatable bonds is 1. The van der Waals surface area contributed by atoms with Gasteiger partial charge in [0.2, 0.25) is 0 Å². The van der Waals surface area contributed by atoms with Gasteiger partial charge in [-0.1, -0.05) is 18.5 Å². The van der Waals surface area contributed by atoms with E-state index in [0.29, 0.717) is 5.15 Å². The van der Waals surface area contributed by atoms with Gasteiger partial charge in [-0.05, 0) is 24.8 Å². The molecule has 1 aromatic heterocycles. The van der Waals surface area contributed by atoms with Crippen LogP contribution in [0.15, 0.2) is 23.3 Å². The molecule has 0 aliphatic heterocycles. The van der Waals surface area contributed by atoms with E-state index in [1.165, 1.54) is 23.4 Å². The number of aliphatic imine (C=N–C) groups is 1. The van der Waals surface area contributed by atoms with Gasteiger partial charge in [-0.2, -0.15) is 0 Å². The van der Waals surface area contributed by atoms with Gasteiger partial charge in [0.05, 0.1) is 11.2 Å². The highest BCUT2D eigenvalue weighted by atomic mass is 35.5. The number of nitrogens with zero attached hydrogens (tertiary/aromatic N) is 2. The zero-order valence-electron chi connectivity index (χ0n) is 9.07. The van der Waals surface area contributed by atoms with Crippen molar-refractivity contribution in [3.05, 3.63) is 23.5 Å². The van der Waals surface area contributed by atoms with Crippen molar-refractivity contribution in [3.8, 4) is 5.75 Å². The minimum Gasteiger partial charge on any atom is -0.506 e. The number of aromatic hydroxyl groups is 1. The fourth-order valence-electron chi connectivity index (χ4n) is 0.762. The monoisotopic (exact) mass is 246 g/mol. The Hall–Kier alpha value is -0.740. The summed E-state index contributed by atoms with van der Waals surface area (Å²) in [4.78, 5) is 7.60. The topological polar surface area (TPSA) is 45.5 Å². The molecule has 0 fully saturated rings. The van der Waals surface area contributed by atoms with E-state index < -0.39 is 0 Å². The van der Waals surface area contributed by atoms with E-state index in [4.69, 9.17) is 16.7 Å². The smallest absolute Gasteiger partial charge is 0.133 e. The summed E-state index contributed by atoms with van der Waals surface area (Å²) in [6.07, 6.45) is 4.41. The summed E-state index contributed by atoms with van der Waals surface area (Å²) < 4.78 is 0. The van der Waals surface area contributed by atoms with Gasteiger partial charge in [-0.25, -0.2) is 4.98 Å². The van der Waals surface area contributed by atoms with Crippen molar-refractivity contribution in [1.29, 1.82) is 0 Å². The molecule has 1 heterocycles. The van der Waals surface area contributed by atoms with Gasteiger partial charge < -0.3 is 5.11 Å². The third-order valence-corrected chi connectivity index (χ3v) is 2.67. The van der Waals surface area contributed by atoms with Crippen molar-refractivity contribution in [2.45, 2.75) is 13.3 Å². The summed E-state index contributed by atoms with van der Waals surface area (Å²) in [6.45, 7) is 2.11. The van der Waals surface area contributed by atoms with Crippen LogP contribution in [0.5, 0.6) is 5.75 Å². The zero-order valence-corrected chi connectivity index (χ0v) is 10.6. The Kier molecular flexibility index (Phi) is 8.14. The Morgan fingerprint density at radius 2 is 2.27 bits per heavy atom. The summed E-state index contributed by atoms with van der Waals surface area (Å²) in [5.41, 5.74) is 0. The van der Waals surface area contributed by atoms with E-state index in [0.717, 1.165) is 6.42 Å². The fraction of sp³-hybridized carbons (Fsp3) is 0.400. The van der Waals surface area contributed by atoms with Gasteiger partial charge in [-0.3, -0.25) is 4.99 Å². The van der Waals surface area contributed by atoms with Crippen LogP contribution in [0, 0.1) is 0 Å². The molecule has 84 valence electrons. The lowest BCUT2D eigenvalue weighted by atomic mass is 10.5. The molecule has 0 bridgehead atoms. The molecule has 15 heavy (non-hydrogen) atoms. The molecule has 5 heteroatoms. The van der Waals surface area contributed by atoms with Crippen molar-refractivity contribution in [3.63, 3.8) is 0 Å². The summed E-state index contributed by atoms with van der Waals surface area (Å²) in [5.74, 6) is 0.134. The second kappa shape index (κ2) is 8.56. The summed E-state index contributed by atoms with van der Waals surface area (Å²) in [7, 11) is 1.83. The predicted molar refractivity (Wildman–Crippen MR) is 68.1 cm³/mol. The predicted octanol–water partition coefficient (Wildman–Crippen LogP) is 3.23. The minimum atomic E-state index is 0.134. The average Bonchev–Trinajstić information content (AvgIpc) is 2.26. The van der Waals surface area contributed by atoms with E-state index in [1.54, 1.807) is 11.8 Å². The first-order valence-corrected chi connectivity index (χ1v) is 6.04. The Balaban J connectivity index is 0.000000265. The van der Waals surface area contributed by atoms with Crippen molar-refractivity contribution >= 4 is 28.4 Å². The van der Waals surface area contributed by atoms with E-state index >= 15 is 0 Å². The van der Waals surface area contributed by atoms with Crippen LogP contribution >= 0.6 is 23.4 Å². The maximum absolute atomic E-state index is 8.64. The molecule has 1 rings (SSSR count). The Morgan fingerprint density at radius 3 is 2.47 bits per heavy atom. The average molecular weight is 247 g/mol.